The maximum Gasteiger partial charge on any atom is 0.0187 e. The quantitative estimate of drug-likeness (QED) is 0.531. The molecule has 0 spiro atoms. The molecule has 0 N–H and O–H groups in total. The monoisotopic (exact) mass is 141 g/mol. The SMILES string of the molecule is C=C(C)CN(CC)CCC. The minimum Gasteiger partial charge on any atom is -0.300 e. The van der Waals surface area contributed by atoms with Crippen molar-refractivity contribution in [1.29, 1.82) is 0 Å². The fourth-order valence-corrected chi connectivity index (χ4v) is 1.05. The van der Waals surface area contributed by atoms with Crippen molar-refractivity contribution in [3.63, 3.8) is 0 Å². The predicted octanol–water partition coefficient (Wildman–Crippen LogP) is 2.29. The van der Waals surface area contributed by atoms with E-state index in [4.69, 9.17) is 0 Å². The van der Waals surface area contributed by atoms with Gasteiger partial charge in [0.05, 0.1) is 0 Å². The van der Waals surface area contributed by atoms with Gasteiger partial charge in [0.15, 0.2) is 0 Å². The van der Waals surface area contributed by atoms with Gasteiger partial charge in [-0.1, -0.05) is 26.0 Å². The van der Waals surface area contributed by atoms with Gasteiger partial charge in [-0.05, 0) is 26.4 Å². The molecule has 0 rings (SSSR count). The van der Waals surface area contributed by atoms with Gasteiger partial charge in [0, 0.05) is 6.54 Å². The molecule has 0 aliphatic rings. The third-order valence-corrected chi connectivity index (χ3v) is 1.48. The number of nitrogens with zero attached hydrogens (tertiary/aromatic N) is 1. The van der Waals surface area contributed by atoms with E-state index in [1.54, 1.807) is 0 Å². The van der Waals surface area contributed by atoms with E-state index in [1.165, 1.54) is 18.5 Å². The molecule has 1 heteroatoms. The minimum atomic E-state index is 1.06. The van der Waals surface area contributed by atoms with Crippen molar-refractivity contribution in [3.05, 3.63) is 12.2 Å². The molecule has 0 unspecified atom stereocenters. The summed E-state index contributed by atoms with van der Waals surface area (Å²) in [6, 6.07) is 0. The smallest absolute Gasteiger partial charge is 0.0187 e. The molecular weight excluding hydrogens is 122 g/mol. The molecule has 60 valence electrons. The lowest BCUT2D eigenvalue weighted by atomic mass is 10.3. The second-order valence-corrected chi connectivity index (χ2v) is 2.83. The van der Waals surface area contributed by atoms with E-state index in [9.17, 15) is 0 Å². The van der Waals surface area contributed by atoms with Crippen LogP contribution in [0.3, 0.4) is 0 Å². The van der Waals surface area contributed by atoms with Gasteiger partial charge in [-0.2, -0.15) is 0 Å². The Morgan fingerprint density at radius 1 is 1.40 bits per heavy atom. The van der Waals surface area contributed by atoms with Gasteiger partial charge >= 0.3 is 0 Å². The molecule has 0 aliphatic carbocycles. The van der Waals surface area contributed by atoms with Gasteiger partial charge in [0.25, 0.3) is 0 Å². The van der Waals surface area contributed by atoms with Crippen LogP contribution in [0.2, 0.25) is 0 Å². The fraction of sp³-hybridized carbons (Fsp3) is 0.778. The van der Waals surface area contributed by atoms with E-state index in [1.807, 2.05) is 0 Å². The van der Waals surface area contributed by atoms with Crippen LogP contribution >= 0.6 is 0 Å². The Kier molecular flexibility index (Phi) is 5.32. The fourth-order valence-electron chi connectivity index (χ4n) is 1.05. The van der Waals surface area contributed by atoms with E-state index >= 15 is 0 Å². The molecule has 1 nitrogen and oxygen atoms in total. The summed E-state index contributed by atoms with van der Waals surface area (Å²) in [6.07, 6.45) is 1.24. The Morgan fingerprint density at radius 2 is 2.00 bits per heavy atom. The third kappa shape index (κ3) is 4.57. The van der Waals surface area contributed by atoms with Crippen LogP contribution in [-0.2, 0) is 0 Å². The first-order chi connectivity index (χ1) is 4.70. The predicted molar refractivity (Wildman–Crippen MR) is 47.2 cm³/mol. The van der Waals surface area contributed by atoms with Crippen molar-refractivity contribution in [1.82, 2.24) is 4.90 Å². The summed E-state index contributed by atoms with van der Waals surface area (Å²) in [6.45, 7) is 13.8. The van der Waals surface area contributed by atoms with Crippen LogP contribution in [0.5, 0.6) is 0 Å². The van der Waals surface area contributed by atoms with Crippen LogP contribution in [0.15, 0.2) is 12.2 Å². The topological polar surface area (TPSA) is 3.24 Å². The first-order valence-electron chi connectivity index (χ1n) is 4.07. The van der Waals surface area contributed by atoms with Crippen molar-refractivity contribution in [3.8, 4) is 0 Å². The second-order valence-electron chi connectivity index (χ2n) is 2.83. The summed E-state index contributed by atoms with van der Waals surface area (Å²) in [5.74, 6) is 0. The summed E-state index contributed by atoms with van der Waals surface area (Å²) in [7, 11) is 0. The average Bonchev–Trinajstić information content (AvgIpc) is 1.86. The zero-order valence-electron chi connectivity index (χ0n) is 7.48. The van der Waals surface area contributed by atoms with E-state index < -0.39 is 0 Å². The molecule has 0 aromatic carbocycles. The summed E-state index contributed by atoms with van der Waals surface area (Å²) < 4.78 is 0. The summed E-state index contributed by atoms with van der Waals surface area (Å²) in [5.41, 5.74) is 1.26. The zero-order valence-corrected chi connectivity index (χ0v) is 7.48. The highest BCUT2D eigenvalue weighted by molar-refractivity contribution is 4.91. The van der Waals surface area contributed by atoms with Crippen molar-refractivity contribution in [2.24, 2.45) is 0 Å². The molecule has 0 atom stereocenters. The van der Waals surface area contributed by atoms with E-state index in [2.05, 4.69) is 32.3 Å². The molecule has 0 aromatic heterocycles. The highest BCUT2D eigenvalue weighted by atomic mass is 15.1. The normalized spacial score (nSPS) is 10.4. The molecule has 0 saturated heterocycles. The molecule has 0 bridgehead atoms. The molecule has 0 fully saturated rings. The third-order valence-electron chi connectivity index (χ3n) is 1.48. The van der Waals surface area contributed by atoms with Gasteiger partial charge in [0.1, 0.15) is 0 Å². The molecule has 10 heavy (non-hydrogen) atoms. The molecule has 0 saturated carbocycles. The summed E-state index contributed by atoms with van der Waals surface area (Å²) in [4.78, 5) is 2.41. The largest absolute Gasteiger partial charge is 0.300 e. The minimum absolute atomic E-state index is 1.06. The Morgan fingerprint density at radius 3 is 2.30 bits per heavy atom. The van der Waals surface area contributed by atoms with Crippen molar-refractivity contribution in [2.75, 3.05) is 19.6 Å². The number of hydrogen-bond donors (Lipinski definition) is 0. The molecular formula is C9H19N. The van der Waals surface area contributed by atoms with Crippen molar-refractivity contribution in [2.45, 2.75) is 27.2 Å². The van der Waals surface area contributed by atoms with Crippen molar-refractivity contribution >= 4 is 0 Å². The van der Waals surface area contributed by atoms with Gasteiger partial charge in [-0.25, -0.2) is 0 Å². The maximum absolute atomic E-state index is 3.88. The Bertz CT molecular complexity index is 96.9. The van der Waals surface area contributed by atoms with E-state index in [0.29, 0.717) is 0 Å². The zero-order chi connectivity index (χ0) is 7.98. The molecule has 0 heterocycles. The van der Waals surface area contributed by atoms with Gasteiger partial charge in [-0.15, -0.1) is 0 Å². The standard InChI is InChI=1S/C9H19N/c1-5-7-10(6-2)8-9(3)4/h3,5-8H2,1-2,4H3. The molecule has 0 aromatic rings. The lowest BCUT2D eigenvalue weighted by molar-refractivity contribution is 0.313. The second kappa shape index (κ2) is 5.48. The van der Waals surface area contributed by atoms with Gasteiger partial charge in [0.2, 0.25) is 0 Å². The Labute approximate surface area is 64.7 Å². The van der Waals surface area contributed by atoms with Crippen LogP contribution in [0.1, 0.15) is 27.2 Å². The average molecular weight is 141 g/mol. The lowest BCUT2D eigenvalue weighted by Gasteiger charge is -2.18. The highest BCUT2D eigenvalue weighted by Gasteiger charge is 1.98. The van der Waals surface area contributed by atoms with E-state index in [-0.39, 0.29) is 0 Å². The van der Waals surface area contributed by atoms with Crippen LogP contribution in [0.25, 0.3) is 0 Å². The van der Waals surface area contributed by atoms with Crippen LogP contribution in [0.4, 0.5) is 0 Å². The maximum atomic E-state index is 3.88. The van der Waals surface area contributed by atoms with Crippen LogP contribution < -0.4 is 0 Å². The molecule has 0 amide bonds. The number of rotatable bonds is 5. The Balaban J connectivity index is 3.49. The number of likely N-dealkylation sites (N-methyl/N-ethyl adjacent to an activating group) is 1. The first kappa shape index (κ1) is 9.70. The molecule has 0 radical (unpaired) electrons. The van der Waals surface area contributed by atoms with E-state index in [0.717, 1.165) is 13.1 Å². The van der Waals surface area contributed by atoms with Gasteiger partial charge < -0.3 is 0 Å². The van der Waals surface area contributed by atoms with Gasteiger partial charge in [-0.3, -0.25) is 4.90 Å². The highest BCUT2D eigenvalue weighted by Crippen LogP contribution is 1.95. The van der Waals surface area contributed by atoms with Crippen LogP contribution in [0, 0.1) is 0 Å². The van der Waals surface area contributed by atoms with Crippen LogP contribution in [-0.4, -0.2) is 24.5 Å². The number of hydrogen-bond acceptors (Lipinski definition) is 1. The lowest BCUT2D eigenvalue weighted by Crippen LogP contribution is -2.25. The Hall–Kier alpha value is -0.300. The van der Waals surface area contributed by atoms with Crippen molar-refractivity contribution < 1.29 is 0 Å². The summed E-state index contributed by atoms with van der Waals surface area (Å²) >= 11 is 0. The first-order valence-corrected chi connectivity index (χ1v) is 4.07. The molecule has 0 aliphatic heterocycles. The summed E-state index contributed by atoms with van der Waals surface area (Å²) in [5, 5.41) is 0.